The molecule has 17 nitrogen and oxygen atoms in total. The summed E-state index contributed by atoms with van der Waals surface area (Å²) in [6, 6.07) is 0. The summed E-state index contributed by atoms with van der Waals surface area (Å²) in [6.07, 6.45) is 78.5. The SMILES string of the molecule is CCCCCC/C=C\C=C/CCCCCCCC(=O)O[C@H](COC(=O)CCCCCCCCCCCCCCC)COP(=O)(O)OC[C@H](O)COP(=O)(O)OC[C@@H](COC(=O)CCCCCCCCCCCCCCCCCC)OC(=O)CCCCCCCCCCCCCCCCCCCCCCCC. The molecule has 19 heteroatoms. The average molecular weight is 1550 g/mol. The lowest BCUT2D eigenvalue weighted by molar-refractivity contribution is -0.161. The molecule has 0 aromatic heterocycles. The minimum atomic E-state index is -4.97. The maximum Gasteiger partial charge on any atom is 0.472 e. The summed E-state index contributed by atoms with van der Waals surface area (Å²) in [6.45, 7) is 5.00. The molecule has 0 amide bonds. The van der Waals surface area contributed by atoms with E-state index in [0.29, 0.717) is 25.7 Å². The number of rotatable bonds is 86. The molecular weight excluding hydrogens is 1380 g/mol. The Kier molecular flexibility index (Phi) is 78.7. The van der Waals surface area contributed by atoms with Crippen molar-refractivity contribution in [1.82, 2.24) is 0 Å². The lowest BCUT2D eigenvalue weighted by atomic mass is 10.0. The number of hydrogen-bond acceptors (Lipinski definition) is 15. The Morgan fingerprint density at radius 1 is 0.264 bits per heavy atom. The van der Waals surface area contributed by atoms with Crippen molar-refractivity contribution in [3.63, 3.8) is 0 Å². The summed E-state index contributed by atoms with van der Waals surface area (Å²) in [5.74, 6) is -2.13. The average Bonchev–Trinajstić information content (AvgIpc) is 0.900. The van der Waals surface area contributed by atoms with Gasteiger partial charge in [0.15, 0.2) is 12.2 Å². The van der Waals surface area contributed by atoms with Crippen molar-refractivity contribution in [1.29, 1.82) is 0 Å². The Morgan fingerprint density at radius 2 is 0.453 bits per heavy atom. The van der Waals surface area contributed by atoms with E-state index in [1.165, 1.54) is 270 Å². The molecule has 0 aromatic carbocycles. The zero-order valence-corrected chi connectivity index (χ0v) is 70.7. The fourth-order valence-corrected chi connectivity index (χ4v) is 14.7. The topological polar surface area (TPSA) is 237 Å². The van der Waals surface area contributed by atoms with Gasteiger partial charge < -0.3 is 33.8 Å². The first-order chi connectivity index (χ1) is 51.7. The van der Waals surface area contributed by atoms with Crippen LogP contribution in [0.4, 0.5) is 0 Å². The van der Waals surface area contributed by atoms with Crippen molar-refractivity contribution < 1.29 is 80.2 Å². The van der Waals surface area contributed by atoms with Gasteiger partial charge in [-0.15, -0.1) is 0 Å². The number of aliphatic hydroxyl groups excluding tert-OH is 1. The first-order valence-corrected chi connectivity index (χ1v) is 47.6. The molecule has 0 aliphatic heterocycles. The predicted octanol–water partition coefficient (Wildman–Crippen LogP) is 26.5. The molecule has 106 heavy (non-hydrogen) atoms. The van der Waals surface area contributed by atoms with Gasteiger partial charge in [-0.1, -0.05) is 399 Å². The third kappa shape index (κ3) is 79.6. The number of allylic oxidation sites excluding steroid dienone is 4. The van der Waals surface area contributed by atoms with Crippen LogP contribution < -0.4 is 0 Å². The van der Waals surface area contributed by atoms with Gasteiger partial charge in [-0.05, 0) is 51.4 Å². The van der Waals surface area contributed by atoms with Gasteiger partial charge in [-0.3, -0.25) is 37.3 Å². The molecule has 3 N–H and O–H groups in total. The van der Waals surface area contributed by atoms with Crippen LogP contribution in [-0.4, -0.2) is 96.7 Å². The van der Waals surface area contributed by atoms with E-state index in [2.05, 4.69) is 52.0 Å². The molecule has 0 aliphatic rings. The number of hydrogen-bond donors (Lipinski definition) is 3. The van der Waals surface area contributed by atoms with Crippen molar-refractivity contribution >= 4 is 39.5 Å². The van der Waals surface area contributed by atoms with Gasteiger partial charge >= 0.3 is 39.5 Å². The molecule has 5 atom stereocenters. The summed E-state index contributed by atoms with van der Waals surface area (Å²) in [5, 5.41) is 10.7. The number of unbranched alkanes of at least 4 members (excludes halogenated alkanes) is 57. The molecule has 0 fully saturated rings. The number of ether oxygens (including phenoxy) is 4. The summed E-state index contributed by atoms with van der Waals surface area (Å²) >= 11 is 0. The van der Waals surface area contributed by atoms with Crippen molar-refractivity contribution in [3.8, 4) is 0 Å². The molecular formula is C87H166O17P2. The van der Waals surface area contributed by atoms with Gasteiger partial charge in [-0.2, -0.15) is 0 Å². The molecule has 0 spiro atoms. The van der Waals surface area contributed by atoms with E-state index in [1.807, 2.05) is 0 Å². The smallest absolute Gasteiger partial charge is 0.462 e. The first kappa shape index (κ1) is 104. The number of esters is 4. The lowest BCUT2D eigenvalue weighted by Crippen LogP contribution is -2.30. The number of phosphoric acid groups is 2. The zero-order chi connectivity index (χ0) is 77.4. The lowest BCUT2D eigenvalue weighted by Gasteiger charge is -2.21. The Morgan fingerprint density at radius 3 is 0.689 bits per heavy atom. The second kappa shape index (κ2) is 80.6. The second-order valence-corrected chi connectivity index (χ2v) is 33.5. The van der Waals surface area contributed by atoms with Crippen LogP contribution in [0, 0.1) is 0 Å². The largest absolute Gasteiger partial charge is 0.472 e. The Bertz CT molecular complexity index is 2090. The highest BCUT2D eigenvalue weighted by Crippen LogP contribution is 2.45. The van der Waals surface area contributed by atoms with Crippen molar-refractivity contribution in [2.24, 2.45) is 0 Å². The Labute approximate surface area is 650 Å². The highest BCUT2D eigenvalue weighted by atomic mass is 31.2. The van der Waals surface area contributed by atoms with Crippen molar-refractivity contribution in [3.05, 3.63) is 24.3 Å². The van der Waals surface area contributed by atoms with Crippen molar-refractivity contribution in [2.45, 2.75) is 470 Å². The highest BCUT2D eigenvalue weighted by molar-refractivity contribution is 7.47. The molecule has 0 saturated carbocycles. The summed E-state index contributed by atoms with van der Waals surface area (Å²) in [4.78, 5) is 73.2. The predicted molar refractivity (Wildman–Crippen MR) is 437 cm³/mol. The number of phosphoric ester groups is 2. The first-order valence-electron chi connectivity index (χ1n) is 44.6. The van der Waals surface area contributed by atoms with E-state index < -0.39 is 97.5 Å². The fraction of sp³-hybridized carbons (Fsp3) is 0.908. The van der Waals surface area contributed by atoms with E-state index in [0.717, 1.165) is 103 Å². The summed E-state index contributed by atoms with van der Waals surface area (Å²) in [7, 11) is -9.94. The van der Waals surface area contributed by atoms with E-state index in [9.17, 15) is 43.2 Å². The van der Waals surface area contributed by atoms with Crippen LogP contribution in [-0.2, 0) is 65.4 Å². The van der Waals surface area contributed by atoms with Crippen LogP contribution in [0.2, 0.25) is 0 Å². The number of carbonyl (C=O) groups is 4. The number of carbonyl (C=O) groups excluding carboxylic acids is 4. The van der Waals surface area contributed by atoms with Gasteiger partial charge in [0, 0.05) is 25.7 Å². The Hall–Kier alpha value is -2.46. The molecule has 626 valence electrons. The molecule has 0 aliphatic carbocycles. The molecule has 0 rings (SSSR count). The normalized spacial score (nSPS) is 13.8. The van der Waals surface area contributed by atoms with Gasteiger partial charge in [0.2, 0.25) is 0 Å². The van der Waals surface area contributed by atoms with Crippen molar-refractivity contribution in [2.75, 3.05) is 39.6 Å². The minimum absolute atomic E-state index is 0.0862. The molecule has 0 heterocycles. The van der Waals surface area contributed by atoms with Gasteiger partial charge in [0.25, 0.3) is 0 Å². The van der Waals surface area contributed by atoms with Crippen LogP contribution in [0.1, 0.15) is 451 Å². The fourth-order valence-electron chi connectivity index (χ4n) is 13.2. The standard InChI is InChI=1S/C87H166O17P2/c1-5-9-13-17-21-25-29-33-36-38-39-40-41-42-43-46-50-54-58-62-66-70-74-87(92)104-83(78-98-85(90)72-68-64-60-56-52-48-45-37-34-30-26-22-18-14-10-6-2)80-102-106(95,96)100-76-81(88)75-99-105(93,94)101-79-82(77-97-84(89)71-67-63-59-55-51-47-32-28-24-20-16-12-8-4)103-86(91)73-69-65-61-57-53-49-44-35-31-27-23-19-15-11-7-3/h27,31,35,44,81-83,88H,5-26,28-30,32-34,36-43,45-80H2,1-4H3,(H,93,94)(H,95,96)/b31-27-,44-35-/t81-,82+,83+/m0/s1. The molecule has 0 aromatic rings. The highest BCUT2D eigenvalue weighted by Gasteiger charge is 2.30. The third-order valence-corrected chi connectivity index (χ3v) is 21.9. The maximum absolute atomic E-state index is 13.1. The van der Waals surface area contributed by atoms with Crippen LogP contribution in [0.3, 0.4) is 0 Å². The van der Waals surface area contributed by atoms with Crippen LogP contribution in [0.15, 0.2) is 24.3 Å². The molecule has 2 unspecified atom stereocenters. The molecule has 0 radical (unpaired) electrons. The van der Waals surface area contributed by atoms with Crippen LogP contribution in [0.5, 0.6) is 0 Å². The van der Waals surface area contributed by atoms with E-state index in [1.54, 1.807) is 0 Å². The second-order valence-electron chi connectivity index (χ2n) is 30.6. The summed E-state index contributed by atoms with van der Waals surface area (Å²) < 4.78 is 68.9. The van der Waals surface area contributed by atoms with E-state index >= 15 is 0 Å². The van der Waals surface area contributed by atoms with Gasteiger partial charge in [-0.25, -0.2) is 9.13 Å². The number of aliphatic hydroxyl groups is 1. The maximum atomic E-state index is 13.1. The van der Waals surface area contributed by atoms with E-state index in [-0.39, 0.29) is 25.7 Å². The van der Waals surface area contributed by atoms with Gasteiger partial charge in [0.05, 0.1) is 26.4 Å². The minimum Gasteiger partial charge on any atom is -0.462 e. The van der Waals surface area contributed by atoms with Crippen LogP contribution in [0.25, 0.3) is 0 Å². The zero-order valence-electron chi connectivity index (χ0n) is 68.9. The Balaban J connectivity index is 5.27. The summed E-state index contributed by atoms with van der Waals surface area (Å²) in [5.41, 5.74) is 0. The van der Waals surface area contributed by atoms with E-state index in [4.69, 9.17) is 37.0 Å². The third-order valence-electron chi connectivity index (χ3n) is 20.0. The van der Waals surface area contributed by atoms with Crippen LogP contribution >= 0.6 is 15.6 Å². The molecule has 0 bridgehead atoms. The molecule has 0 saturated heterocycles. The monoisotopic (exact) mass is 1550 g/mol. The quantitative estimate of drug-likeness (QED) is 0.0169. The van der Waals surface area contributed by atoms with Gasteiger partial charge in [0.1, 0.15) is 19.3 Å².